The number of hydrogen-bond acceptors (Lipinski definition) is 4. The van der Waals surface area contributed by atoms with Crippen molar-refractivity contribution in [3.63, 3.8) is 0 Å². The molecular weight excluding hydrogens is 260 g/mol. The third kappa shape index (κ3) is 2.96. The summed E-state index contributed by atoms with van der Waals surface area (Å²) in [6, 6.07) is -0.667. The first-order valence-corrected chi connectivity index (χ1v) is 7.34. The van der Waals surface area contributed by atoms with Gasteiger partial charge >= 0.3 is 5.97 Å². The minimum atomic E-state index is -0.889. The molecule has 0 aliphatic carbocycles. The van der Waals surface area contributed by atoms with Crippen LogP contribution in [-0.2, 0) is 14.3 Å². The van der Waals surface area contributed by atoms with Crippen LogP contribution in [0.5, 0.6) is 0 Å². The molecule has 0 aromatic carbocycles. The zero-order valence-electron chi connectivity index (χ0n) is 12.1. The van der Waals surface area contributed by atoms with Gasteiger partial charge in [0.15, 0.2) is 0 Å². The lowest BCUT2D eigenvalue weighted by Gasteiger charge is -2.43. The lowest BCUT2D eigenvalue weighted by atomic mass is 9.77. The topological polar surface area (TPSA) is 78.9 Å². The fraction of sp³-hybridized carbons (Fsp3) is 0.857. The van der Waals surface area contributed by atoms with Crippen molar-refractivity contribution < 1.29 is 19.4 Å². The number of likely N-dealkylation sites (tertiary alicyclic amines) is 1. The number of aliphatic carboxylic acids is 1. The van der Waals surface area contributed by atoms with Crippen molar-refractivity contribution >= 4 is 11.9 Å². The number of carboxylic acids is 1. The van der Waals surface area contributed by atoms with Gasteiger partial charge in [-0.25, -0.2) is 4.79 Å². The maximum Gasteiger partial charge on any atom is 0.326 e. The summed E-state index contributed by atoms with van der Waals surface area (Å²) < 4.78 is 5.27. The van der Waals surface area contributed by atoms with Crippen LogP contribution in [0, 0.1) is 5.41 Å². The molecule has 20 heavy (non-hydrogen) atoms. The standard InChI is InChI=1S/C14H24N2O4/c1-20-10-14(5-7-15-8-6-14)13(19)16-9-3-2-4-11(16)12(17)18/h11,15H,2-10H2,1H3,(H,17,18)/t11-/m0/s1. The van der Waals surface area contributed by atoms with Gasteiger partial charge in [0.25, 0.3) is 0 Å². The van der Waals surface area contributed by atoms with Crippen LogP contribution in [0.3, 0.4) is 0 Å². The highest BCUT2D eigenvalue weighted by molar-refractivity contribution is 5.88. The van der Waals surface area contributed by atoms with Gasteiger partial charge in [0.1, 0.15) is 6.04 Å². The Morgan fingerprint density at radius 2 is 2.05 bits per heavy atom. The maximum atomic E-state index is 12.9. The van der Waals surface area contributed by atoms with Gasteiger partial charge in [-0.15, -0.1) is 0 Å². The Hall–Kier alpha value is -1.14. The van der Waals surface area contributed by atoms with Crippen LogP contribution >= 0.6 is 0 Å². The molecule has 2 fully saturated rings. The van der Waals surface area contributed by atoms with Crippen LogP contribution in [0.4, 0.5) is 0 Å². The number of nitrogens with zero attached hydrogens (tertiary/aromatic N) is 1. The van der Waals surface area contributed by atoms with E-state index in [1.165, 1.54) is 0 Å². The summed E-state index contributed by atoms with van der Waals surface area (Å²) in [5, 5.41) is 12.6. The molecule has 0 spiro atoms. The molecule has 6 nitrogen and oxygen atoms in total. The van der Waals surface area contributed by atoms with Crippen molar-refractivity contribution in [2.45, 2.75) is 38.1 Å². The van der Waals surface area contributed by atoms with Gasteiger partial charge in [-0.2, -0.15) is 0 Å². The number of piperidine rings is 2. The molecule has 2 aliphatic heterocycles. The van der Waals surface area contributed by atoms with Crippen molar-refractivity contribution in [3.05, 3.63) is 0 Å². The van der Waals surface area contributed by atoms with E-state index in [-0.39, 0.29) is 5.91 Å². The van der Waals surface area contributed by atoms with E-state index in [0.717, 1.165) is 25.9 Å². The lowest BCUT2D eigenvalue weighted by molar-refractivity contribution is -0.160. The number of hydrogen-bond donors (Lipinski definition) is 2. The smallest absolute Gasteiger partial charge is 0.326 e. The normalized spacial score (nSPS) is 26.2. The first kappa shape index (κ1) is 15.3. The SMILES string of the molecule is COCC1(C(=O)N2CCCC[C@H]2C(=O)O)CCNCC1. The molecule has 0 unspecified atom stereocenters. The number of methoxy groups -OCH3 is 1. The Balaban J connectivity index is 2.18. The maximum absolute atomic E-state index is 12.9. The average molecular weight is 284 g/mol. The zero-order chi connectivity index (χ0) is 14.6. The summed E-state index contributed by atoms with van der Waals surface area (Å²) in [7, 11) is 1.60. The Bertz CT molecular complexity index is 361. The Morgan fingerprint density at radius 1 is 1.35 bits per heavy atom. The summed E-state index contributed by atoms with van der Waals surface area (Å²) in [4.78, 5) is 25.9. The largest absolute Gasteiger partial charge is 0.480 e. The monoisotopic (exact) mass is 284 g/mol. The number of amides is 1. The number of carbonyl (C=O) groups is 2. The molecule has 6 heteroatoms. The van der Waals surface area contributed by atoms with Crippen molar-refractivity contribution in [2.24, 2.45) is 5.41 Å². The predicted molar refractivity (Wildman–Crippen MR) is 73.4 cm³/mol. The van der Waals surface area contributed by atoms with E-state index in [0.29, 0.717) is 32.4 Å². The third-order valence-electron chi connectivity index (χ3n) is 4.48. The zero-order valence-corrected chi connectivity index (χ0v) is 12.1. The van der Waals surface area contributed by atoms with E-state index in [2.05, 4.69) is 5.32 Å². The first-order chi connectivity index (χ1) is 9.60. The van der Waals surface area contributed by atoms with Crippen molar-refractivity contribution in [1.29, 1.82) is 0 Å². The van der Waals surface area contributed by atoms with Crippen LogP contribution in [0.15, 0.2) is 0 Å². The predicted octanol–water partition coefficient (Wildman–Crippen LogP) is 0.468. The van der Waals surface area contributed by atoms with Gasteiger partial charge in [-0.3, -0.25) is 4.79 Å². The van der Waals surface area contributed by atoms with Gasteiger partial charge in [0.2, 0.25) is 5.91 Å². The number of ether oxygens (including phenoxy) is 1. The van der Waals surface area contributed by atoms with Gasteiger partial charge in [0.05, 0.1) is 12.0 Å². The van der Waals surface area contributed by atoms with Crippen molar-refractivity contribution in [2.75, 3.05) is 33.4 Å². The molecule has 0 aromatic heterocycles. The van der Waals surface area contributed by atoms with Crippen LogP contribution in [0.2, 0.25) is 0 Å². The second-order valence-electron chi connectivity index (χ2n) is 5.81. The molecule has 2 aliphatic rings. The minimum Gasteiger partial charge on any atom is -0.480 e. The van der Waals surface area contributed by atoms with Crippen LogP contribution in [0.25, 0.3) is 0 Å². The summed E-state index contributed by atoms with van der Waals surface area (Å²) in [6.45, 7) is 2.48. The van der Waals surface area contributed by atoms with Crippen LogP contribution in [0.1, 0.15) is 32.1 Å². The summed E-state index contributed by atoms with van der Waals surface area (Å²) in [5.41, 5.74) is -0.551. The molecule has 2 rings (SSSR count). The van der Waals surface area contributed by atoms with Gasteiger partial charge in [-0.05, 0) is 45.2 Å². The molecule has 2 heterocycles. The average Bonchev–Trinajstić information content (AvgIpc) is 2.47. The minimum absolute atomic E-state index is 0.0343. The quantitative estimate of drug-likeness (QED) is 0.784. The molecule has 0 saturated carbocycles. The first-order valence-electron chi connectivity index (χ1n) is 7.34. The molecule has 1 amide bonds. The second-order valence-corrected chi connectivity index (χ2v) is 5.81. The van der Waals surface area contributed by atoms with E-state index in [4.69, 9.17) is 4.74 Å². The molecule has 114 valence electrons. The van der Waals surface area contributed by atoms with E-state index < -0.39 is 17.4 Å². The highest BCUT2D eigenvalue weighted by Crippen LogP contribution is 2.34. The molecule has 2 N–H and O–H groups in total. The Labute approximate surface area is 119 Å². The number of carbonyl (C=O) groups excluding carboxylic acids is 1. The van der Waals surface area contributed by atoms with Crippen molar-refractivity contribution in [1.82, 2.24) is 10.2 Å². The summed E-state index contributed by atoms with van der Waals surface area (Å²) >= 11 is 0. The van der Waals surface area contributed by atoms with E-state index in [9.17, 15) is 14.7 Å². The summed E-state index contributed by atoms with van der Waals surface area (Å²) in [5.74, 6) is -0.924. The molecule has 0 radical (unpaired) electrons. The van der Waals surface area contributed by atoms with Crippen LogP contribution < -0.4 is 5.32 Å². The molecule has 1 atom stereocenters. The Morgan fingerprint density at radius 3 is 2.65 bits per heavy atom. The molecule has 0 bridgehead atoms. The highest BCUT2D eigenvalue weighted by atomic mass is 16.5. The van der Waals surface area contributed by atoms with Crippen LogP contribution in [-0.4, -0.2) is 61.3 Å². The fourth-order valence-electron chi connectivity index (χ4n) is 3.34. The lowest BCUT2D eigenvalue weighted by Crippen LogP contribution is -2.57. The molecule has 0 aromatic rings. The van der Waals surface area contributed by atoms with E-state index >= 15 is 0 Å². The molecule has 2 saturated heterocycles. The van der Waals surface area contributed by atoms with Gasteiger partial charge in [0, 0.05) is 13.7 Å². The van der Waals surface area contributed by atoms with Gasteiger partial charge < -0.3 is 20.1 Å². The van der Waals surface area contributed by atoms with Gasteiger partial charge in [-0.1, -0.05) is 0 Å². The van der Waals surface area contributed by atoms with E-state index in [1.54, 1.807) is 12.0 Å². The van der Waals surface area contributed by atoms with E-state index in [1.807, 2.05) is 0 Å². The third-order valence-corrected chi connectivity index (χ3v) is 4.48. The summed E-state index contributed by atoms with van der Waals surface area (Å²) in [6.07, 6.45) is 3.74. The Kier molecular flexibility index (Phi) is 4.99. The number of nitrogens with one attached hydrogen (secondary N) is 1. The number of rotatable bonds is 4. The molecular formula is C14H24N2O4. The van der Waals surface area contributed by atoms with Crippen molar-refractivity contribution in [3.8, 4) is 0 Å². The fourth-order valence-corrected chi connectivity index (χ4v) is 3.34. The number of carboxylic acid groups (broad SMARTS) is 1. The second kappa shape index (κ2) is 6.54. The highest BCUT2D eigenvalue weighted by Gasteiger charge is 2.45.